The first-order valence-corrected chi connectivity index (χ1v) is 29.0. The number of hydrogen-bond donors (Lipinski definition) is 0. The highest BCUT2D eigenvalue weighted by Crippen LogP contribution is 2.54. The van der Waals surface area contributed by atoms with Crippen molar-refractivity contribution in [3.05, 3.63) is 215 Å². The molecule has 12 rings (SSSR count). The summed E-state index contributed by atoms with van der Waals surface area (Å²) in [7, 11) is 0. The van der Waals surface area contributed by atoms with Gasteiger partial charge in [0, 0.05) is 45.9 Å². The monoisotopic (exact) mass is 1110 g/mol. The van der Waals surface area contributed by atoms with Gasteiger partial charge in [0.1, 0.15) is 24.0 Å². The van der Waals surface area contributed by atoms with Crippen molar-refractivity contribution >= 4 is 44.6 Å². The van der Waals surface area contributed by atoms with Gasteiger partial charge in [0.2, 0.25) is 0 Å². The minimum Gasteiger partial charge on any atom is -0.457 e. The minimum atomic E-state index is -0.851. The van der Waals surface area contributed by atoms with E-state index in [1.807, 2.05) is 146 Å². The molecular formula is C78H84N4O. The number of ether oxygens (including phenoxy) is 1. The summed E-state index contributed by atoms with van der Waals surface area (Å²) in [6, 6.07) is 25.1. The Kier molecular flexibility index (Phi) is 9.87. The Morgan fingerprint density at radius 1 is 0.482 bits per heavy atom. The maximum absolute atomic E-state index is 10.5. The zero-order valence-electron chi connectivity index (χ0n) is 65.1. The van der Waals surface area contributed by atoms with E-state index in [2.05, 4.69) is 53.4 Å². The maximum atomic E-state index is 10.5. The van der Waals surface area contributed by atoms with Crippen molar-refractivity contribution < 1.29 is 23.9 Å². The van der Waals surface area contributed by atoms with Crippen molar-refractivity contribution in [3.63, 3.8) is 0 Å². The van der Waals surface area contributed by atoms with Crippen LogP contribution >= 0.6 is 0 Å². The number of para-hydroxylation sites is 3. The molecule has 0 N–H and O–H groups in total. The standard InChI is InChI=1S/C78H84N4O/c1-73(2,3)53-33-35-59(65(45-53)76(10,11)12)50-28-30-51(31-29-50)62-43-55(75(7,8)9)44-63(52-32-37-64-66(42-52)78(15,16)40-39-77(64,13)14)72(62)81-49-80(68-26-19-20-27-69(68)81)56-22-21-23-57(47-56)83-58-34-36-61-60-24-17-18-25-67(60)82(70(61)48-58)71-46-54(38-41-79-71)74(4,5)6/h17-38,41-48H,39-40,49H2,1-16H3/i17D,18D,24D,25D,28D,29D,30D,31D,32D,33D,35D,37D,42D,45D. The van der Waals surface area contributed by atoms with Gasteiger partial charge in [-0.1, -0.05) is 208 Å². The molecule has 0 saturated carbocycles. The van der Waals surface area contributed by atoms with Crippen molar-refractivity contribution in [2.75, 3.05) is 16.5 Å². The average molecular weight is 1110 g/mol. The molecule has 5 nitrogen and oxygen atoms in total. The normalized spacial score (nSPS) is 17.6. The second-order valence-electron chi connectivity index (χ2n) is 28.2. The predicted octanol–water partition coefficient (Wildman–Crippen LogP) is 21.8. The third-order valence-electron chi connectivity index (χ3n) is 16.8. The van der Waals surface area contributed by atoms with Crippen LogP contribution in [0.25, 0.3) is 61.0 Å². The Labute approximate surface area is 514 Å². The van der Waals surface area contributed by atoms with Gasteiger partial charge >= 0.3 is 0 Å². The van der Waals surface area contributed by atoms with Crippen LogP contribution in [0.1, 0.15) is 176 Å². The molecule has 0 atom stereocenters. The van der Waals surface area contributed by atoms with Gasteiger partial charge < -0.3 is 14.5 Å². The molecule has 0 fully saturated rings. The lowest BCUT2D eigenvalue weighted by Crippen LogP contribution is -2.33. The number of nitrogens with zero attached hydrogens (tertiary/aromatic N) is 4. The number of hydrogen-bond acceptors (Lipinski definition) is 4. The zero-order chi connectivity index (χ0) is 70.9. The van der Waals surface area contributed by atoms with Gasteiger partial charge in [0.25, 0.3) is 0 Å². The van der Waals surface area contributed by atoms with Crippen molar-refractivity contribution in [2.45, 2.75) is 156 Å². The first-order valence-electron chi connectivity index (χ1n) is 36.0. The first-order chi connectivity index (χ1) is 45.0. The Morgan fingerprint density at radius 3 is 1.77 bits per heavy atom. The topological polar surface area (TPSA) is 33.5 Å². The zero-order valence-corrected chi connectivity index (χ0v) is 51.1. The van der Waals surface area contributed by atoms with Gasteiger partial charge in [-0.3, -0.25) is 4.57 Å². The third-order valence-corrected chi connectivity index (χ3v) is 16.8. The molecule has 10 aromatic rings. The van der Waals surface area contributed by atoms with Gasteiger partial charge in [-0.15, -0.1) is 0 Å². The van der Waals surface area contributed by atoms with E-state index in [0.29, 0.717) is 84.0 Å². The van der Waals surface area contributed by atoms with Crippen LogP contribution in [0.15, 0.2) is 182 Å². The quantitative estimate of drug-likeness (QED) is 0.152. The summed E-state index contributed by atoms with van der Waals surface area (Å²) in [6.07, 6.45) is 3.18. The fourth-order valence-electron chi connectivity index (χ4n) is 11.8. The molecule has 1 aliphatic heterocycles. The van der Waals surface area contributed by atoms with Crippen molar-refractivity contribution in [3.8, 4) is 50.7 Å². The fourth-order valence-corrected chi connectivity index (χ4v) is 11.8. The summed E-state index contributed by atoms with van der Waals surface area (Å²) in [5, 5.41) is 0.941. The number of anilines is 4. The van der Waals surface area contributed by atoms with Gasteiger partial charge in [0.05, 0.1) is 47.3 Å². The molecule has 1 aliphatic carbocycles. The van der Waals surface area contributed by atoms with Gasteiger partial charge in [0.15, 0.2) is 0 Å². The molecular weight excluding hydrogens is 1010 g/mol. The van der Waals surface area contributed by atoms with E-state index in [0.717, 1.165) is 24.1 Å². The molecule has 83 heavy (non-hydrogen) atoms. The SMILES string of the molecule is [2H]c1c([2H])c(-c2c([2H])c([2H])c(C(C)(C)C)c([2H])c2C(C)(C)C)c([2H])c([2H])c1-c1cc(C(C)(C)C)cc(-c2c([2H])c([2H])c3c(c2[2H])C(C)(C)CCC3(C)C)c1N1CN(c2cccc(Oc3ccc4c5c([2H])c([2H])c([2H])c([2H])c5n(-c5cc(C(C)(C)C)ccn5)c4c3)c2)c2ccccc21. The van der Waals surface area contributed by atoms with Gasteiger partial charge in [-0.25, -0.2) is 4.98 Å². The number of pyridine rings is 1. The highest BCUT2D eigenvalue weighted by molar-refractivity contribution is 6.09. The summed E-state index contributed by atoms with van der Waals surface area (Å²) < 4.78 is 145. The molecule has 2 aliphatic rings. The van der Waals surface area contributed by atoms with Gasteiger partial charge in [-0.2, -0.15) is 0 Å². The molecule has 0 amide bonds. The fraction of sp³-hybridized carbons (Fsp3) is 0.321. The lowest BCUT2D eigenvalue weighted by molar-refractivity contribution is 0.332. The van der Waals surface area contributed by atoms with Crippen molar-refractivity contribution in [1.82, 2.24) is 9.55 Å². The van der Waals surface area contributed by atoms with E-state index in [1.165, 1.54) is 0 Å². The van der Waals surface area contributed by atoms with Crippen molar-refractivity contribution in [1.29, 1.82) is 0 Å². The lowest BCUT2D eigenvalue weighted by Gasteiger charge is -2.42. The Bertz CT molecular complexity index is 4970. The van der Waals surface area contributed by atoms with Crippen LogP contribution < -0.4 is 14.5 Å². The minimum absolute atomic E-state index is 0.000804. The first kappa shape index (κ1) is 41.2. The second kappa shape index (κ2) is 19.9. The number of aromatic nitrogens is 2. The third kappa shape index (κ3) is 10.2. The van der Waals surface area contributed by atoms with Crippen LogP contribution in [0.5, 0.6) is 11.5 Å². The highest BCUT2D eigenvalue weighted by atomic mass is 16.5. The molecule has 8 aromatic carbocycles. The molecule has 422 valence electrons. The van der Waals surface area contributed by atoms with Gasteiger partial charge in [-0.05, 0) is 168 Å². The summed E-state index contributed by atoms with van der Waals surface area (Å²) in [5.74, 6) is 1.34. The Morgan fingerprint density at radius 2 is 1.10 bits per heavy atom. The lowest BCUT2D eigenvalue weighted by atomic mass is 9.63. The van der Waals surface area contributed by atoms with E-state index in [4.69, 9.17) is 13.8 Å². The molecule has 0 saturated heterocycles. The Balaban J connectivity index is 1.09. The molecule has 3 heterocycles. The maximum Gasteiger partial charge on any atom is 0.137 e. The number of benzene rings is 8. The molecule has 5 heteroatoms. The summed E-state index contributed by atoms with van der Waals surface area (Å²) >= 11 is 0. The van der Waals surface area contributed by atoms with Crippen LogP contribution in [-0.4, -0.2) is 16.2 Å². The van der Waals surface area contributed by atoms with E-state index < -0.39 is 51.2 Å². The Hall–Kier alpha value is -7.89. The average Bonchev–Trinajstić information content (AvgIpc) is 1.63. The van der Waals surface area contributed by atoms with E-state index in [9.17, 15) is 15.1 Å². The van der Waals surface area contributed by atoms with Crippen LogP contribution in [-0.2, 0) is 32.5 Å². The molecule has 0 spiro atoms. The molecule has 2 aromatic heterocycles. The number of fused-ring (bicyclic) bond motifs is 5. The van der Waals surface area contributed by atoms with Crippen LogP contribution in [0.4, 0.5) is 22.7 Å². The summed E-state index contributed by atoms with van der Waals surface area (Å²) in [6.45, 7) is 32.0. The van der Waals surface area contributed by atoms with E-state index in [-0.39, 0.29) is 106 Å². The van der Waals surface area contributed by atoms with E-state index >= 15 is 0 Å². The number of rotatable bonds is 8. The second-order valence-corrected chi connectivity index (χ2v) is 28.2. The predicted molar refractivity (Wildman–Crippen MR) is 354 cm³/mol. The van der Waals surface area contributed by atoms with Crippen molar-refractivity contribution in [2.24, 2.45) is 0 Å². The van der Waals surface area contributed by atoms with E-state index in [1.54, 1.807) is 22.9 Å². The highest BCUT2D eigenvalue weighted by Gasteiger charge is 2.39. The largest absolute Gasteiger partial charge is 0.457 e. The summed E-state index contributed by atoms with van der Waals surface area (Å²) in [4.78, 5) is 8.89. The smallest absolute Gasteiger partial charge is 0.137 e. The summed E-state index contributed by atoms with van der Waals surface area (Å²) in [5.41, 5.74) is 4.02. The molecule has 0 bridgehead atoms. The molecule has 0 radical (unpaired) electrons. The molecule has 0 unspecified atom stereocenters. The van der Waals surface area contributed by atoms with Crippen LogP contribution in [0, 0.1) is 0 Å². The van der Waals surface area contributed by atoms with Crippen LogP contribution in [0.2, 0.25) is 0 Å². The van der Waals surface area contributed by atoms with Crippen LogP contribution in [0.3, 0.4) is 0 Å².